The molecule has 0 N–H and O–H groups in total. The zero-order valence-electron chi connectivity index (χ0n) is 11.3. The van der Waals surface area contributed by atoms with E-state index in [0.29, 0.717) is 12.5 Å². The molecule has 0 aliphatic heterocycles. The molecule has 0 aliphatic rings. The molecule has 0 bridgehead atoms. The fourth-order valence-electron chi connectivity index (χ4n) is 1.74. The third-order valence-electron chi connectivity index (χ3n) is 2.62. The average molecular weight is 240 g/mol. The van der Waals surface area contributed by atoms with Gasteiger partial charge in [0.1, 0.15) is 11.9 Å². The van der Waals surface area contributed by atoms with E-state index in [1.165, 1.54) is 0 Å². The van der Waals surface area contributed by atoms with Gasteiger partial charge in [-0.1, -0.05) is 13.8 Å². The smallest absolute Gasteiger partial charge is 0.155 e. The first-order valence-corrected chi connectivity index (χ1v) is 6.44. The maximum Gasteiger partial charge on any atom is 0.155 e. The summed E-state index contributed by atoms with van der Waals surface area (Å²) in [6.45, 7) is 8.98. The highest BCUT2D eigenvalue weighted by molar-refractivity contribution is 5.02. The van der Waals surface area contributed by atoms with Crippen molar-refractivity contribution in [3.8, 4) is 0 Å². The van der Waals surface area contributed by atoms with Gasteiger partial charge in [-0.15, -0.1) is 0 Å². The first kappa shape index (κ1) is 14.3. The summed E-state index contributed by atoms with van der Waals surface area (Å²) in [6.07, 6.45) is 3.57. The molecule has 3 nitrogen and oxygen atoms in total. The van der Waals surface area contributed by atoms with E-state index in [9.17, 15) is 0 Å². The van der Waals surface area contributed by atoms with Gasteiger partial charge in [0.25, 0.3) is 0 Å². The van der Waals surface area contributed by atoms with E-state index in [1.807, 2.05) is 26.0 Å². The van der Waals surface area contributed by atoms with Crippen LogP contribution in [0.2, 0.25) is 0 Å². The van der Waals surface area contributed by atoms with Gasteiger partial charge in [0.05, 0.1) is 6.26 Å². The number of furan rings is 1. The van der Waals surface area contributed by atoms with Gasteiger partial charge in [0.2, 0.25) is 0 Å². The molecule has 3 heteroatoms. The third kappa shape index (κ3) is 5.37. The summed E-state index contributed by atoms with van der Waals surface area (Å²) in [5, 5.41) is 0. The van der Waals surface area contributed by atoms with Crippen molar-refractivity contribution in [2.75, 3.05) is 6.61 Å². The van der Waals surface area contributed by atoms with E-state index in [-0.39, 0.29) is 12.4 Å². The summed E-state index contributed by atoms with van der Waals surface area (Å²) in [5.41, 5.74) is 0. The molecule has 1 rings (SSSR count). The fourth-order valence-corrected chi connectivity index (χ4v) is 1.74. The zero-order chi connectivity index (χ0) is 12.7. The predicted molar refractivity (Wildman–Crippen MR) is 67.7 cm³/mol. The summed E-state index contributed by atoms with van der Waals surface area (Å²) < 4.78 is 16.7. The van der Waals surface area contributed by atoms with Crippen molar-refractivity contribution in [2.45, 2.75) is 52.9 Å². The Morgan fingerprint density at radius 3 is 2.53 bits per heavy atom. The highest BCUT2D eigenvalue weighted by atomic mass is 16.7. The molecule has 1 heterocycles. The van der Waals surface area contributed by atoms with Crippen LogP contribution in [0.25, 0.3) is 0 Å². The lowest BCUT2D eigenvalue weighted by Gasteiger charge is -2.21. The van der Waals surface area contributed by atoms with E-state index in [4.69, 9.17) is 13.9 Å². The predicted octanol–water partition coefficient (Wildman–Crippen LogP) is 4.16. The lowest BCUT2D eigenvalue weighted by atomic mass is 10.0. The molecule has 1 aromatic heterocycles. The molecule has 0 saturated heterocycles. The maximum absolute atomic E-state index is 5.87. The molecule has 0 spiro atoms. The van der Waals surface area contributed by atoms with Crippen molar-refractivity contribution in [3.63, 3.8) is 0 Å². The van der Waals surface area contributed by atoms with E-state index < -0.39 is 0 Å². The summed E-state index contributed by atoms with van der Waals surface area (Å²) in [5.74, 6) is 1.55. The van der Waals surface area contributed by atoms with Crippen LogP contribution in [0.5, 0.6) is 0 Å². The molecule has 1 aromatic rings. The minimum absolute atomic E-state index is 0.00560. The number of rotatable bonds is 8. The first-order valence-electron chi connectivity index (χ1n) is 6.44. The van der Waals surface area contributed by atoms with Gasteiger partial charge < -0.3 is 13.9 Å². The van der Waals surface area contributed by atoms with Crippen LogP contribution in [-0.2, 0) is 9.47 Å². The van der Waals surface area contributed by atoms with Gasteiger partial charge >= 0.3 is 0 Å². The molecule has 2 unspecified atom stereocenters. The molecule has 0 fully saturated rings. The Labute approximate surface area is 104 Å². The van der Waals surface area contributed by atoms with Crippen molar-refractivity contribution in [1.29, 1.82) is 0 Å². The van der Waals surface area contributed by atoms with E-state index in [0.717, 1.165) is 18.6 Å². The summed E-state index contributed by atoms with van der Waals surface area (Å²) >= 11 is 0. The Bertz CT molecular complexity index is 280. The standard InChI is InChI=1S/C14H24O3/c1-5-15-12(4)17-14(9-8-11(2)3)13-7-6-10-16-13/h6-7,10-12,14H,5,8-9H2,1-4H3. The normalized spacial score (nSPS) is 15.1. The van der Waals surface area contributed by atoms with Gasteiger partial charge in [-0.2, -0.15) is 0 Å². The molecule has 0 amide bonds. The van der Waals surface area contributed by atoms with Crippen LogP contribution in [-0.4, -0.2) is 12.9 Å². The van der Waals surface area contributed by atoms with Crippen molar-refractivity contribution in [3.05, 3.63) is 24.2 Å². The molecule has 0 radical (unpaired) electrons. The van der Waals surface area contributed by atoms with Crippen LogP contribution < -0.4 is 0 Å². The Morgan fingerprint density at radius 2 is 2.00 bits per heavy atom. The lowest BCUT2D eigenvalue weighted by Crippen LogP contribution is -2.17. The van der Waals surface area contributed by atoms with Crippen LogP contribution in [0.15, 0.2) is 22.8 Å². The monoisotopic (exact) mass is 240 g/mol. The Hall–Kier alpha value is -0.800. The van der Waals surface area contributed by atoms with Crippen molar-refractivity contribution in [1.82, 2.24) is 0 Å². The zero-order valence-corrected chi connectivity index (χ0v) is 11.3. The van der Waals surface area contributed by atoms with Gasteiger partial charge in [-0.05, 0) is 44.7 Å². The first-order chi connectivity index (χ1) is 8.13. The molecule has 0 saturated carbocycles. The largest absolute Gasteiger partial charge is 0.467 e. The second-order valence-electron chi connectivity index (χ2n) is 4.63. The van der Waals surface area contributed by atoms with Crippen LogP contribution >= 0.6 is 0 Å². The van der Waals surface area contributed by atoms with Gasteiger partial charge in [-0.3, -0.25) is 0 Å². The average Bonchev–Trinajstić information content (AvgIpc) is 2.77. The quantitative estimate of drug-likeness (QED) is 0.639. The number of hydrogen-bond acceptors (Lipinski definition) is 3. The number of hydrogen-bond donors (Lipinski definition) is 0. The van der Waals surface area contributed by atoms with E-state index >= 15 is 0 Å². The lowest BCUT2D eigenvalue weighted by molar-refractivity contribution is -0.165. The highest BCUT2D eigenvalue weighted by Crippen LogP contribution is 2.26. The number of ether oxygens (including phenoxy) is 2. The van der Waals surface area contributed by atoms with Crippen LogP contribution in [0.4, 0.5) is 0 Å². The molecule has 17 heavy (non-hydrogen) atoms. The SMILES string of the molecule is CCOC(C)OC(CCC(C)C)c1ccco1. The van der Waals surface area contributed by atoms with Crippen molar-refractivity contribution in [2.24, 2.45) is 5.92 Å². The van der Waals surface area contributed by atoms with Crippen molar-refractivity contribution >= 4 is 0 Å². The molecule has 0 aromatic carbocycles. The minimum atomic E-state index is -0.192. The van der Waals surface area contributed by atoms with Crippen molar-refractivity contribution < 1.29 is 13.9 Å². The molecular weight excluding hydrogens is 216 g/mol. The Morgan fingerprint density at radius 1 is 1.24 bits per heavy atom. The Balaban J connectivity index is 2.53. The molecule has 0 aliphatic carbocycles. The highest BCUT2D eigenvalue weighted by Gasteiger charge is 2.18. The van der Waals surface area contributed by atoms with E-state index in [2.05, 4.69) is 13.8 Å². The van der Waals surface area contributed by atoms with Crippen LogP contribution in [0, 0.1) is 5.92 Å². The summed E-state index contributed by atoms with van der Waals surface area (Å²) in [7, 11) is 0. The maximum atomic E-state index is 5.87. The minimum Gasteiger partial charge on any atom is -0.467 e. The third-order valence-corrected chi connectivity index (χ3v) is 2.62. The fraction of sp³-hybridized carbons (Fsp3) is 0.714. The Kier molecular flexibility index (Phi) is 6.30. The molecular formula is C14H24O3. The van der Waals surface area contributed by atoms with Gasteiger partial charge in [0, 0.05) is 6.61 Å². The summed E-state index contributed by atoms with van der Waals surface area (Å²) in [4.78, 5) is 0. The second-order valence-corrected chi connectivity index (χ2v) is 4.63. The molecule has 2 atom stereocenters. The van der Waals surface area contributed by atoms with E-state index in [1.54, 1.807) is 6.26 Å². The van der Waals surface area contributed by atoms with Gasteiger partial charge in [-0.25, -0.2) is 0 Å². The summed E-state index contributed by atoms with van der Waals surface area (Å²) in [6, 6.07) is 3.86. The topological polar surface area (TPSA) is 31.6 Å². The second kappa shape index (κ2) is 7.51. The molecule has 98 valence electrons. The van der Waals surface area contributed by atoms with Gasteiger partial charge in [0.15, 0.2) is 6.29 Å². The van der Waals surface area contributed by atoms with Crippen LogP contribution in [0.1, 0.15) is 52.4 Å². The van der Waals surface area contributed by atoms with Crippen LogP contribution in [0.3, 0.4) is 0 Å².